The van der Waals surface area contributed by atoms with Crippen molar-refractivity contribution in [2.45, 2.75) is 6.92 Å². The summed E-state index contributed by atoms with van der Waals surface area (Å²) in [4.78, 5) is 14.1. The fourth-order valence-electron chi connectivity index (χ4n) is 2.81. The Morgan fingerprint density at radius 2 is 2.12 bits per heavy atom. The van der Waals surface area contributed by atoms with E-state index in [-0.39, 0.29) is 11.8 Å². The number of aromatic hydroxyl groups is 1. The summed E-state index contributed by atoms with van der Waals surface area (Å²) in [6.07, 6.45) is 3.61. The van der Waals surface area contributed by atoms with Crippen molar-refractivity contribution < 1.29 is 9.90 Å². The van der Waals surface area contributed by atoms with Gasteiger partial charge in [0.2, 0.25) is 5.91 Å². The Kier molecular flexibility index (Phi) is 3.16. The molecule has 0 saturated carbocycles. The number of aromatic amines is 1. The van der Waals surface area contributed by atoms with Gasteiger partial charge in [-0.05, 0) is 35.6 Å². The van der Waals surface area contributed by atoms with Crippen LogP contribution < -0.4 is 15.9 Å². The molecule has 0 bridgehead atoms. The molecule has 4 rings (SSSR count). The van der Waals surface area contributed by atoms with Crippen molar-refractivity contribution in [1.29, 1.82) is 0 Å². The number of amides is 1. The zero-order valence-electron chi connectivity index (χ0n) is 12.9. The van der Waals surface area contributed by atoms with E-state index in [9.17, 15) is 9.90 Å². The number of H-pyrrole nitrogens is 1. The number of hydrogen-bond acceptors (Lipinski definition) is 4. The zero-order chi connectivity index (χ0) is 16.7. The summed E-state index contributed by atoms with van der Waals surface area (Å²) in [7, 11) is 0. The highest BCUT2D eigenvalue weighted by atomic mass is 16.3. The standard InChI is InChI=1S/C18H14N4O2/c1-10(23)20-13-3-4-14-15(18(24)21-17(14)8-13)7-11-2-5-16-12(6-11)9-19-22-16/h2-9,21,24H,1H3,(H,20,23)/b11-7+. The van der Waals surface area contributed by atoms with Crippen LogP contribution in [0.3, 0.4) is 0 Å². The molecular formula is C18H14N4O2. The maximum Gasteiger partial charge on any atom is 0.221 e. The molecule has 3 N–H and O–H groups in total. The van der Waals surface area contributed by atoms with Crippen LogP contribution in [0, 0.1) is 0 Å². The summed E-state index contributed by atoms with van der Waals surface area (Å²) in [5.41, 5.74) is 3.09. The van der Waals surface area contributed by atoms with Crippen molar-refractivity contribution in [3.63, 3.8) is 0 Å². The first-order chi connectivity index (χ1) is 11.6. The molecule has 24 heavy (non-hydrogen) atoms. The van der Waals surface area contributed by atoms with Crippen LogP contribution >= 0.6 is 0 Å². The third kappa shape index (κ3) is 2.44. The average molecular weight is 318 g/mol. The molecule has 6 heteroatoms. The van der Waals surface area contributed by atoms with E-state index < -0.39 is 0 Å². The van der Waals surface area contributed by atoms with Crippen LogP contribution in [-0.2, 0) is 4.79 Å². The molecule has 6 nitrogen and oxygen atoms in total. The number of hydrogen-bond donors (Lipinski definition) is 3. The van der Waals surface area contributed by atoms with Crippen molar-refractivity contribution in [2.75, 3.05) is 5.32 Å². The lowest BCUT2D eigenvalue weighted by Gasteiger charge is -2.01. The van der Waals surface area contributed by atoms with E-state index in [0.717, 1.165) is 27.0 Å². The van der Waals surface area contributed by atoms with Crippen LogP contribution in [-0.4, -0.2) is 22.2 Å². The second-order valence-corrected chi connectivity index (χ2v) is 5.64. The minimum atomic E-state index is -0.137. The topological polar surface area (TPSA) is 89.8 Å². The van der Waals surface area contributed by atoms with E-state index >= 15 is 0 Å². The number of nitrogens with zero attached hydrogens (tertiary/aromatic N) is 2. The van der Waals surface area contributed by atoms with Crippen LogP contribution in [0.15, 0.2) is 46.6 Å². The third-order valence-electron chi connectivity index (χ3n) is 3.86. The highest BCUT2D eigenvalue weighted by Gasteiger charge is 2.09. The normalized spacial score (nSPS) is 13.1. The lowest BCUT2D eigenvalue weighted by atomic mass is 10.1. The summed E-state index contributed by atoms with van der Waals surface area (Å²) < 4.78 is 0. The Morgan fingerprint density at radius 1 is 1.25 bits per heavy atom. The van der Waals surface area contributed by atoms with Crippen molar-refractivity contribution in [3.8, 4) is 5.88 Å². The van der Waals surface area contributed by atoms with Gasteiger partial charge in [0.25, 0.3) is 0 Å². The van der Waals surface area contributed by atoms with Gasteiger partial charge in [-0.25, -0.2) is 0 Å². The predicted octanol–water partition coefficient (Wildman–Crippen LogP) is 1.63. The van der Waals surface area contributed by atoms with Crippen LogP contribution in [0.1, 0.15) is 18.1 Å². The Labute approximate surface area is 136 Å². The highest BCUT2D eigenvalue weighted by Crippen LogP contribution is 2.29. The molecule has 2 heterocycles. The average Bonchev–Trinajstić information content (AvgIpc) is 3.11. The number of nitrogens with one attached hydrogen (secondary N) is 2. The van der Waals surface area contributed by atoms with E-state index in [1.165, 1.54) is 6.92 Å². The fraction of sp³-hybridized carbons (Fsp3) is 0.0556. The molecule has 0 radical (unpaired) electrons. The molecule has 0 atom stereocenters. The smallest absolute Gasteiger partial charge is 0.221 e. The van der Waals surface area contributed by atoms with Gasteiger partial charge in [-0.1, -0.05) is 12.1 Å². The predicted molar refractivity (Wildman–Crippen MR) is 92.7 cm³/mol. The molecule has 0 spiro atoms. The monoisotopic (exact) mass is 318 g/mol. The van der Waals surface area contributed by atoms with Gasteiger partial charge in [0.05, 0.1) is 17.1 Å². The van der Waals surface area contributed by atoms with Gasteiger partial charge >= 0.3 is 0 Å². The number of anilines is 1. The van der Waals surface area contributed by atoms with Gasteiger partial charge in [-0.15, -0.1) is 0 Å². The van der Waals surface area contributed by atoms with E-state index in [1.54, 1.807) is 12.3 Å². The van der Waals surface area contributed by atoms with Gasteiger partial charge in [-0.2, -0.15) is 10.2 Å². The van der Waals surface area contributed by atoms with Crippen LogP contribution in [0.5, 0.6) is 5.88 Å². The molecular weight excluding hydrogens is 304 g/mol. The molecule has 1 amide bonds. The maximum atomic E-state index is 11.2. The van der Waals surface area contributed by atoms with Gasteiger partial charge < -0.3 is 15.4 Å². The Hall–Kier alpha value is -3.41. The number of rotatable bonds is 2. The summed E-state index contributed by atoms with van der Waals surface area (Å²) in [5.74, 6) is -0.0500. The van der Waals surface area contributed by atoms with Crippen molar-refractivity contribution in [3.05, 3.63) is 58.1 Å². The van der Waals surface area contributed by atoms with Gasteiger partial charge in [0.15, 0.2) is 5.88 Å². The van der Waals surface area contributed by atoms with Crippen LogP contribution in [0.2, 0.25) is 0 Å². The van der Waals surface area contributed by atoms with Crippen molar-refractivity contribution in [1.82, 2.24) is 4.98 Å². The summed E-state index contributed by atoms with van der Waals surface area (Å²) in [6.45, 7) is 1.46. The quantitative estimate of drug-likeness (QED) is 0.670. The first kappa shape index (κ1) is 14.2. The number of carbonyl (C=O) groups excluding carboxylic acids is 1. The third-order valence-corrected chi connectivity index (χ3v) is 3.86. The molecule has 118 valence electrons. The zero-order valence-corrected chi connectivity index (χ0v) is 12.9. The number of fused-ring (bicyclic) bond motifs is 2. The lowest BCUT2D eigenvalue weighted by molar-refractivity contribution is -0.114. The molecule has 1 aliphatic heterocycles. The highest BCUT2D eigenvalue weighted by molar-refractivity contribution is 5.96. The molecule has 1 aromatic heterocycles. The van der Waals surface area contributed by atoms with Crippen LogP contribution in [0.4, 0.5) is 5.69 Å². The van der Waals surface area contributed by atoms with Crippen molar-refractivity contribution >= 4 is 34.8 Å². The Morgan fingerprint density at radius 3 is 2.96 bits per heavy atom. The molecule has 0 aliphatic carbocycles. The van der Waals surface area contributed by atoms with E-state index in [2.05, 4.69) is 20.5 Å². The van der Waals surface area contributed by atoms with E-state index in [1.807, 2.05) is 36.4 Å². The molecule has 0 saturated heterocycles. The first-order valence-corrected chi connectivity index (χ1v) is 7.45. The Bertz CT molecular complexity index is 1130. The van der Waals surface area contributed by atoms with Gasteiger partial charge in [0.1, 0.15) is 0 Å². The van der Waals surface area contributed by atoms with Gasteiger partial charge in [0, 0.05) is 29.1 Å². The van der Waals surface area contributed by atoms with Crippen LogP contribution in [0.25, 0.3) is 17.0 Å². The number of benzene rings is 2. The molecule has 3 aromatic rings. The molecule has 1 aliphatic rings. The molecule has 0 unspecified atom stereocenters. The Balaban J connectivity index is 1.83. The summed E-state index contributed by atoms with van der Waals surface area (Å²) in [5, 5.41) is 23.5. The van der Waals surface area contributed by atoms with Crippen molar-refractivity contribution in [2.24, 2.45) is 10.2 Å². The van der Waals surface area contributed by atoms with E-state index in [4.69, 9.17) is 0 Å². The summed E-state index contributed by atoms with van der Waals surface area (Å²) >= 11 is 0. The molecule has 2 aromatic carbocycles. The minimum Gasteiger partial charge on any atom is -0.494 e. The SMILES string of the molecule is CC(=O)Nc1ccc2c(/C=c3\ccc4c(c3)C=NN=4)c(O)[nH]c2c1. The summed E-state index contributed by atoms with van der Waals surface area (Å²) in [6, 6.07) is 11.3. The first-order valence-electron chi connectivity index (χ1n) is 7.45. The largest absolute Gasteiger partial charge is 0.494 e. The minimum absolute atomic E-state index is 0.0869. The fourth-order valence-corrected chi connectivity index (χ4v) is 2.81. The van der Waals surface area contributed by atoms with E-state index in [0.29, 0.717) is 11.3 Å². The lowest BCUT2D eigenvalue weighted by Crippen LogP contribution is -2.11. The molecule has 0 fully saturated rings. The number of aromatic nitrogens is 1. The number of carbonyl (C=O) groups is 1. The second-order valence-electron chi connectivity index (χ2n) is 5.64. The maximum absolute atomic E-state index is 11.2. The van der Waals surface area contributed by atoms with Gasteiger partial charge in [-0.3, -0.25) is 4.79 Å². The second kappa shape index (κ2) is 5.34.